The van der Waals surface area contributed by atoms with Crippen molar-refractivity contribution in [3.63, 3.8) is 0 Å². The quantitative estimate of drug-likeness (QED) is 0.822. The predicted octanol–water partition coefficient (Wildman–Crippen LogP) is 2.69. The maximum Gasteiger partial charge on any atom is 0.309 e. The van der Waals surface area contributed by atoms with Gasteiger partial charge in [-0.3, -0.25) is 4.79 Å². The van der Waals surface area contributed by atoms with Crippen molar-refractivity contribution >= 4 is 5.97 Å². The van der Waals surface area contributed by atoms with Crippen LogP contribution in [-0.4, -0.2) is 23.3 Å². The van der Waals surface area contributed by atoms with Crippen molar-refractivity contribution in [1.29, 1.82) is 0 Å². The Morgan fingerprint density at radius 1 is 1.24 bits per heavy atom. The van der Waals surface area contributed by atoms with Gasteiger partial charge in [-0.25, -0.2) is 0 Å². The number of carboxylic acid groups (broad SMARTS) is 1. The molecule has 96 valence electrons. The van der Waals surface area contributed by atoms with E-state index in [1.54, 1.807) is 0 Å². The van der Waals surface area contributed by atoms with Gasteiger partial charge in [0.05, 0.1) is 18.1 Å². The largest absolute Gasteiger partial charge is 0.481 e. The minimum Gasteiger partial charge on any atom is -0.481 e. The van der Waals surface area contributed by atoms with E-state index in [-0.39, 0.29) is 18.1 Å². The first kappa shape index (κ1) is 11.5. The van der Waals surface area contributed by atoms with E-state index in [2.05, 4.69) is 6.92 Å². The van der Waals surface area contributed by atoms with E-state index in [0.29, 0.717) is 11.8 Å². The maximum absolute atomic E-state index is 11.4. The number of aliphatic carboxylic acids is 1. The number of carbonyl (C=O) groups is 1. The molecular formula is C14H22O3. The maximum atomic E-state index is 11.4. The molecule has 3 nitrogen and oxygen atoms in total. The van der Waals surface area contributed by atoms with Gasteiger partial charge in [0.1, 0.15) is 0 Å². The van der Waals surface area contributed by atoms with Gasteiger partial charge in [0, 0.05) is 0 Å². The minimum absolute atomic E-state index is 0.00722. The molecule has 1 N–H and O–H groups in total. The molecule has 3 heteroatoms. The molecule has 3 aliphatic rings. The molecule has 1 heterocycles. The number of rotatable bonds is 3. The third kappa shape index (κ3) is 2.10. The Morgan fingerprint density at radius 2 is 1.88 bits per heavy atom. The van der Waals surface area contributed by atoms with E-state index >= 15 is 0 Å². The lowest BCUT2D eigenvalue weighted by molar-refractivity contribution is -0.144. The molecule has 1 saturated heterocycles. The fourth-order valence-corrected chi connectivity index (χ4v) is 3.85. The Bertz CT molecular complexity index is 309. The van der Waals surface area contributed by atoms with Crippen LogP contribution >= 0.6 is 0 Å². The lowest BCUT2D eigenvalue weighted by atomic mass is 9.88. The number of carboxylic acids is 1. The molecule has 2 aliphatic carbocycles. The molecule has 17 heavy (non-hydrogen) atoms. The van der Waals surface area contributed by atoms with Gasteiger partial charge in [-0.15, -0.1) is 0 Å². The van der Waals surface area contributed by atoms with Crippen LogP contribution in [0, 0.1) is 23.7 Å². The van der Waals surface area contributed by atoms with Crippen LogP contribution in [0.1, 0.15) is 45.4 Å². The first-order valence-electron chi connectivity index (χ1n) is 7.05. The van der Waals surface area contributed by atoms with Crippen molar-refractivity contribution in [2.75, 3.05) is 0 Å². The van der Waals surface area contributed by atoms with Crippen LogP contribution in [0.15, 0.2) is 0 Å². The van der Waals surface area contributed by atoms with E-state index in [1.165, 1.54) is 32.1 Å². The van der Waals surface area contributed by atoms with Crippen LogP contribution in [0.4, 0.5) is 0 Å². The summed E-state index contributed by atoms with van der Waals surface area (Å²) in [5, 5.41) is 9.35. The molecule has 0 aromatic carbocycles. The summed E-state index contributed by atoms with van der Waals surface area (Å²) in [4.78, 5) is 11.4. The topological polar surface area (TPSA) is 46.5 Å². The zero-order chi connectivity index (χ0) is 12.0. The number of ether oxygens (including phenoxy) is 1. The van der Waals surface area contributed by atoms with E-state index < -0.39 is 5.97 Å². The minimum atomic E-state index is -0.641. The lowest BCUT2D eigenvalue weighted by Gasteiger charge is -2.22. The highest BCUT2D eigenvalue weighted by atomic mass is 16.5. The molecule has 3 rings (SSSR count). The molecule has 1 aliphatic heterocycles. The van der Waals surface area contributed by atoms with Crippen LogP contribution in [0.2, 0.25) is 0 Å². The van der Waals surface area contributed by atoms with Crippen LogP contribution < -0.4 is 0 Å². The zero-order valence-corrected chi connectivity index (χ0v) is 10.5. The van der Waals surface area contributed by atoms with Crippen LogP contribution in [-0.2, 0) is 9.53 Å². The van der Waals surface area contributed by atoms with Crippen molar-refractivity contribution in [2.45, 2.75) is 57.7 Å². The van der Waals surface area contributed by atoms with Crippen molar-refractivity contribution in [3.8, 4) is 0 Å². The summed E-state index contributed by atoms with van der Waals surface area (Å²) in [5.74, 6) is 1.02. The van der Waals surface area contributed by atoms with Crippen molar-refractivity contribution in [1.82, 2.24) is 0 Å². The Hall–Kier alpha value is -0.570. The second-order valence-corrected chi connectivity index (χ2v) is 6.24. The van der Waals surface area contributed by atoms with E-state index in [0.717, 1.165) is 12.3 Å². The number of hydrogen-bond acceptors (Lipinski definition) is 2. The molecule has 3 fully saturated rings. The Labute approximate surface area is 103 Å². The van der Waals surface area contributed by atoms with Gasteiger partial charge >= 0.3 is 5.97 Å². The zero-order valence-electron chi connectivity index (χ0n) is 10.5. The molecule has 0 spiro atoms. The predicted molar refractivity (Wildman–Crippen MR) is 63.6 cm³/mol. The Kier molecular flexibility index (Phi) is 2.89. The third-order valence-corrected chi connectivity index (χ3v) is 5.05. The highest BCUT2D eigenvalue weighted by Crippen LogP contribution is 2.49. The first-order chi connectivity index (χ1) is 8.16. The second-order valence-electron chi connectivity index (χ2n) is 6.24. The van der Waals surface area contributed by atoms with Crippen LogP contribution in [0.5, 0.6) is 0 Å². The van der Waals surface area contributed by atoms with Gasteiger partial charge in [0.15, 0.2) is 0 Å². The normalized spacial score (nSPS) is 46.3. The fourth-order valence-electron chi connectivity index (χ4n) is 3.85. The van der Waals surface area contributed by atoms with Crippen molar-refractivity contribution < 1.29 is 14.6 Å². The highest BCUT2D eigenvalue weighted by Gasteiger charge is 2.51. The van der Waals surface area contributed by atoms with E-state index in [4.69, 9.17) is 4.74 Å². The second kappa shape index (κ2) is 4.27. The SMILES string of the molecule is CC1CC1C1CC(C(=O)O)C(C2CCCC2)O1. The highest BCUT2D eigenvalue weighted by molar-refractivity contribution is 5.71. The van der Waals surface area contributed by atoms with Gasteiger partial charge in [0.2, 0.25) is 0 Å². The molecule has 0 bridgehead atoms. The molecule has 2 saturated carbocycles. The fraction of sp³-hybridized carbons (Fsp3) is 0.929. The molecule has 0 aromatic heterocycles. The molecule has 0 aromatic rings. The van der Waals surface area contributed by atoms with Crippen LogP contribution in [0.3, 0.4) is 0 Å². The smallest absolute Gasteiger partial charge is 0.309 e. The van der Waals surface area contributed by atoms with Gasteiger partial charge in [0.25, 0.3) is 0 Å². The molecular weight excluding hydrogens is 216 g/mol. The monoisotopic (exact) mass is 238 g/mol. The van der Waals surface area contributed by atoms with Gasteiger partial charge in [-0.2, -0.15) is 0 Å². The number of hydrogen-bond donors (Lipinski definition) is 1. The van der Waals surface area contributed by atoms with Gasteiger partial charge in [-0.1, -0.05) is 19.8 Å². The third-order valence-electron chi connectivity index (χ3n) is 5.05. The average molecular weight is 238 g/mol. The first-order valence-corrected chi connectivity index (χ1v) is 7.05. The lowest BCUT2D eigenvalue weighted by Crippen LogP contribution is -2.30. The Balaban J connectivity index is 1.69. The standard InChI is InChI=1S/C14H22O3/c1-8-6-10(8)12-7-11(14(15)16)13(17-12)9-4-2-3-5-9/h8-13H,2-7H2,1H3,(H,15,16). The van der Waals surface area contributed by atoms with Crippen molar-refractivity contribution in [2.24, 2.45) is 23.7 Å². The summed E-state index contributed by atoms with van der Waals surface area (Å²) in [6, 6.07) is 0. The van der Waals surface area contributed by atoms with Crippen LogP contribution in [0.25, 0.3) is 0 Å². The molecule has 5 unspecified atom stereocenters. The van der Waals surface area contributed by atoms with Gasteiger partial charge < -0.3 is 9.84 Å². The molecule has 0 radical (unpaired) electrons. The summed E-state index contributed by atoms with van der Waals surface area (Å²) in [6.07, 6.45) is 7.07. The van der Waals surface area contributed by atoms with E-state index in [9.17, 15) is 9.90 Å². The summed E-state index contributed by atoms with van der Waals surface area (Å²) in [6.45, 7) is 2.24. The van der Waals surface area contributed by atoms with E-state index in [1.807, 2.05) is 0 Å². The average Bonchev–Trinajstić information content (AvgIpc) is 2.78. The Morgan fingerprint density at radius 3 is 2.41 bits per heavy atom. The van der Waals surface area contributed by atoms with Crippen molar-refractivity contribution in [3.05, 3.63) is 0 Å². The summed E-state index contributed by atoms with van der Waals surface area (Å²) < 4.78 is 6.13. The van der Waals surface area contributed by atoms with Gasteiger partial charge in [-0.05, 0) is 43.4 Å². The molecule has 5 atom stereocenters. The summed E-state index contributed by atoms with van der Waals surface area (Å²) >= 11 is 0. The molecule has 0 amide bonds. The summed E-state index contributed by atoms with van der Waals surface area (Å²) in [7, 11) is 0. The summed E-state index contributed by atoms with van der Waals surface area (Å²) in [5.41, 5.74) is 0.